The molecule has 6 aliphatic rings. The molecular formula is C20H24O10. The third-order valence-electron chi connectivity index (χ3n) is 8.91. The summed E-state index contributed by atoms with van der Waals surface area (Å²) in [6, 6.07) is 0. The third-order valence-corrected chi connectivity index (χ3v) is 8.91. The van der Waals surface area contributed by atoms with Crippen molar-refractivity contribution < 1.29 is 48.7 Å². The largest absolute Gasteiger partial charge is 0.459 e. The summed E-state index contributed by atoms with van der Waals surface area (Å²) in [6.07, 6.45) is -6.73. The van der Waals surface area contributed by atoms with Gasteiger partial charge >= 0.3 is 17.9 Å². The topological polar surface area (TPSA) is 149 Å². The van der Waals surface area contributed by atoms with E-state index in [1.54, 1.807) is 0 Å². The van der Waals surface area contributed by atoms with Crippen LogP contribution >= 0.6 is 0 Å². The maximum absolute atomic E-state index is 13.4. The second-order valence-corrected chi connectivity index (χ2v) is 10.7. The predicted octanol–water partition coefficient (Wildman–Crippen LogP) is -1.37. The van der Waals surface area contributed by atoms with Gasteiger partial charge in [-0.15, -0.1) is 0 Å². The minimum absolute atomic E-state index is 0.107. The first-order valence-corrected chi connectivity index (χ1v) is 10.2. The highest BCUT2D eigenvalue weighted by Crippen LogP contribution is 2.84. The summed E-state index contributed by atoms with van der Waals surface area (Å²) in [4.78, 5) is 38.2. The van der Waals surface area contributed by atoms with Gasteiger partial charge in [0.05, 0.1) is 22.9 Å². The standard InChI is InChI=1S/C20H24O10/c1-6-12(23)27-7-5-17-11-8(21)9(16(2,3)4)18(17)10(22)13(24)29-15(18)30-20(17,14(25)28-11)19(6,7)26/h6-11,15,21-22,26H,5H2,1-4H3/t6-,7+,8-,9+,10+,11+,15+,17-,18+,19-,20-/m1/s1. The average molecular weight is 424 g/mol. The smallest absolute Gasteiger partial charge is 0.342 e. The molecule has 0 bridgehead atoms. The van der Waals surface area contributed by atoms with Crippen LogP contribution < -0.4 is 0 Å². The molecule has 10 heteroatoms. The number of carbonyl (C=O) groups excluding carboxylic acids is 3. The molecule has 0 radical (unpaired) electrons. The summed E-state index contributed by atoms with van der Waals surface area (Å²) in [5.41, 5.74) is -7.95. The van der Waals surface area contributed by atoms with Crippen LogP contribution in [-0.4, -0.2) is 75.1 Å². The molecule has 0 aromatic carbocycles. The van der Waals surface area contributed by atoms with Crippen molar-refractivity contribution in [3.63, 3.8) is 0 Å². The number of rotatable bonds is 0. The summed E-state index contributed by atoms with van der Waals surface area (Å²) < 4.78 is 22.6. The molecule has 30 heavy (non-hydrogen) atoms. The molecule has 4 heterocycles. The SMILES string of the molecule is C[C@@H]1C(=O)O[C@H]2C[C@]34[C@H]5OC(=O)[C@]3(O[C@@H]3OC(=O)[C@H](O)[C@@]34[C@H](C(C)(C)C)[C@H]5O)[C@]21O. The molecule has 0 unspecified atom stereocenters. The van der Waals surface area contributed by atoms with Gasteiger partial charge < -0.3 is 34.3 Å². The summed E-state index contributed by atoms with van der Waals surface area (Å²) in [5.74, 6) is -4.43. The van der Waals surface area contributed by atoms with Crippen LogP contribution in [0, 0.1) is 28.1 Å². The Kier molecular flexibility index (Phi) is 2.97. The van der Waals surface area contributed by atoms with E-state index in [0.717, 1.165) is 0 Å². The summed E-state index contributed by atoms with van der Waals surface area (Å²) in [6.45, 7) is 6.97. The summed E-state index contributed by atoms with van der Waals surface area (Å²) >= 11 is 0. The van der Waals surface area contributed by atoms with Crippen LogP contribution in [0.5, 0.6) is 0 Å². The number of aliphatic hydroxyl groups excluding tert-OH is 2. The minimum atomic E-state index is -2.12. The van der Waals surface area contributed by atoms with Gasteiger partial charge in [0.15, 0.2) is 11.7 Å². The lowest BCUT2D eigenvalue weighted by Gasteiger charge is -2.46. The fourth-order valence-electron chi connectivity index (χ4n) is 8.22. The Morgan fingerprint density at radius 3 is 2.33 bits per heavy atom. The minimum Gasteiger partial charge on any atom is -0.459 e. The summed E-state index contributed by atoms with van der Waals surface area (Å²) in [5, 5.41) is 34.4. The lowest BCUT2D eigenvalue weighted by Crippen LogP contribution is -2.66. The Morgan fingerprint density at radius 2 is 1.70 bits per heavy atom. The zero-order valence-corrected chi connectivity index (χ0v) is 16.9. The second kappa shape index (κ2) is 4.69. The Hall–Kier alpha value is -1.75. The number of esters is 3. The van der Waals surface area contributed by atoms with Crippen LogP contribution in [-0.2, 0) is 33.3 Å². The van der Waals surface area contributed by atoms with Crippen LogP contribution in [0.25, 0.3) is 0 Å². The highest BCUT2D eigenvalue weighted by Gasteiger charge is 3.02. The van der Waals surface area contributed by atoms with E-state index in [4.69, 9.17) is 18.9 Å². The fraction of sp³-hybridized carbons (Fsp3) is 0.850. The molecule has 2 spiro atoms. The summed E-state index contributed by atoms with van der Waals surface area (Å²) in [7, 11) is 0. The van der Waals surface area contributed by atoms with Crippen molar-refractivity contribution in [1.82, 2.24) is 0 Å². The Balaban J connectivity index is 1.71. The normalized spacial score (nSPS) is 60.1. The number of aliphatic hydroxyl groups is 3. The third kappa shape index (κ3) is 1.35. The lowest BCUT2D eigenvalue weighted by molar-refractivity contribution is -0.239. The molecule has 11 atom stereocenters. The molecule has 164 valence electrons. The van der Waals surface area contributed by atoms with Gasteiger partial charge in [-0.3, -0.25) is 4.79 Å². The van der Waals surface area contributed by atoms with Crippen molar-refractivity contribution in [2.24, 2.45) is 28.1 Å². The molecular weight excluding hydrogens is 400 g/mol. The molecule has 2 aliphatic carbocycles. The Morgan fingerprint density at radius 1 is 1.03 bits per heavy atom. The maximum Gasteiger partial charge on any atom is 0.342 e. The van der Waals surface area contributed by atoms with Crippen LogP contribution in [0.3, 0.4) is 0 Å². The van der Waals surface area contributed by atoms with Gasteiger partial charge in [-0.1, -0.05) is 20.8 Å². The molecule has 2 saturated carbocycles. The number of carbonyl (C=O) groups is 3. The molecule has 4 saturated heterocycles. The first-order valence-electron chi connectivity index (χ1n) is 10.2. The van der Waals surface area contributed by atoms with Crippen LogP contribution in [0.2, 0.25) is 0 Å². The first-order chi connectivity index (χ1) is 13.8. The zero-order valence-electron chi connectivity index (χ0n) is 16.9. The van der Waals surface area contributed by atoms with Crippen molar-refractivity contribution in [3.8, 4) is 0 Å². The number of fused-ring (bicyclic) bond motifs is 1. The molecule has 0 aromatic heterocycles. The highest BCUT2D eigenvalue weighted by atomic mass is 16.8. The molecule has 6 fully saturated rings. The number of hydrogen-bond donors (Lipinski definition) is 3. The monoisotopic (exact) mass is 424 g/mol. The van der Waals surface area contributed by atoms with E-state index in [0.29, 0.717) is 0 Å². The van der Waals surface area contributed by atoms with E-state index in [9.17, 15) is 29.7 Å². The van der Waals surface area contributed by atoms with Crippen molar-refractivity contribution >= 4 is 17.9 Å². The first kappa shape index (κ1) is 19.0. The van der Waals surface area contributed by atoms with Crippen molar-refractivity contribution in [3.05, 3.63) is 0 Å². The molecule has 0 aromatic rings. The van der Waals surface area contributed by atoms with Gasteiger partial charge in [0.2, 0.25) is 11.9 Å². The van der Waals surface area contributed by atoms with Crippen LogP contribution in [0.15, 0.2) is 0 Å². The molecule has 4 aliphatic heterocycles. The van der Waals surface area contributed by atoms with Gasteiger partial charge in [0, 0.05) is 12.3 Å². The number of hydrogen-bond acceptors (Lipinski definition) is 10. The molecule has 3 N–H and O–H groups in total. The van der Waals surface area contributed by atoms with E-state index in [-0.39, 0.29) is 6.42 Å². The van der Waals surface area contributed by atoms with E-state index >= 15 is 0 Å². The lowest BCUT2D eigenvalue weighted by atomic mass is 9.51. The van der Waals surface area contributed by atoms with Gasteiger partial charge in [-0.25, -0.2) is 9.59 Å². The van der Waals surface area contributed by atoms with E-state index < -0.39 is 87.9 Å². The Bertz CT molecular complexity index is 925. The van der Waals surface area contributed by atoms with E-state index in [1.165, 1.54) is 6.92 Å². The van der Waals surface area contributed by atoms with Crippen molar-refractivity contribution in [2.45, 2.75) is 76.0 Å². The quantitative estimate of drug-likeness (QED) is 0.314. The van der Waals surface area contributed by atoms with E-state index in [1.807, 2.05) is 20.8 Å². The predicted molar refractivity (Wildman–Crippen MR) is 92.0 cm³/mol. The molecule has 10 nitrogen and oxygen atoms in total. The molecule has 0 amide bonds. The van der Waals surface area contributed by atoms with Crippen molar-refractivity contribution in [1.29, 1.82) is 0 Å². The van der Waals surface area contributed by atoms with Gasteiger partial charge in [-0.05, 0) is 12.3 Å². The maximum atomic E-state index is 13.4. The fourth-order valence-corrected chi connectivity index (χ4v) is 8.22. The number of ether oxygens (including phenoxy) is 4. The Labute approximate surface area is 171 Å². The second-order valence-electron chi connectivity index (χ2n) is 10.7. The van der Waals surface area contributed by atoms with E-state index in [2.05, 4.69) is 0 Å². The van der Waals surface area contributed by atoms with Gasteiger partial charge in [0.25, 0.3) is 0 Å². The average Bonchev–Trinajstić information content (AvgIpc) is 3.32. The van der Waals surface area contributed by atoms with Crippen molar-refractivity contribution in [2.75, 3.05) is 0 Å². The van der Waals surface area contributed by atoms with Crippen LogP contribution in [0.1, 0.15) is 34.1 Å². The van der Waals surface area contributed by atoms with Gasteiger partial charge in [0.1, 0.15) is 12.2 Å². The van der Waals surface area contributed by atoms with Crippen LogP contribution in [0.4, 0.5) is 0 Å². The highest BCUT2D eigenvalue weighted by molar-refractivity contribution is 5.93. The van der Waals surface area contributed by atoms with Gasteiger partial charge in [-0.2, -0.15) is 0 Å². The molecule has 6 rings (SSSR count). The zero-order chi connectivity index (χ0) is 21.8.